The van der Waals surface area contributed by atoms with Crippen LogP contribution in [0.25, 0.3) is 0 Å². The molecule has 0 bridgehead atoms. The van der Waals surface area contributed by atoms with Crippen LogP contribution in [0.15, 0.2) is 12.7 Å². The summed E-state index contributed by atoms with van der Waals surface area (Å²) in [5, 5.41) is 8.96. The standard InChI is InChI=1S/C10H18O2/c1-6-7(2)8(9(11)12)10(3,4)5/h6-8H,1H2,2-5H3,(H,11,12). The van der Waals surface area contributed by atoms with Crippen LogP contribution in [0.3, 0.4) is 0 Å². The Kier molecular flexibility index (Phi) is 3.50. The van der Waals surface area contributed by atoms with Crippen molar-refractivity contribution in [2.45, 2.75) is 27.7 Å². The zero-order chi connectivity index (χ0) is 9.94. The van der Waals surface area contributed by atoms with Crippen molar-refractivity contribution in [2.75, 3.05) is 0 Å². The van der Waals surface area contributed by atoms with Gasteiger partial charge in [0.25, 0.3) is 0 Å². The van der Waals surface area contributed by atoms with Crippen LogP contribution in [-0.2, 0) is 4.79 Å². The van der Waals surface area contributed by atoms with Gasteiger partial charge < -0.3 is 5.11 Å². The fraction of sp³-hybridized carbons (Fsp3) is 0.700. The van der Waals surface area contributed by atoms with Gasteiger partial charge in [0.05, 0.1) is 5.92 Å². The lowest BCUT2D eigenvalue weighted by Crippen LogP contribution is -2.33. The SMILES string of the molecule is C=CC(C)C(C(=O)O)C(C)(C)C. The van der Waals surface area contributed by atoms with Gasteiger partial charge in [-0.05, 0) is 11.3 Å². The molecule has 0 fully saturated rings. The Morgan fingerprint density at radius 1 is 1.50 bits per heavy atom. The number of aliphatic carboxylic acids is 1. The molecule has 0 radical (unpaired) electrons. The van der Waals surface area contributed by atoms with Crippen LogP contribution in [0.1, 0.15) is 27.7 Å². The van der Waals surface area contributed by atoms with Crippen molar-refractivity contribution < 1.29 is 9.90 Å². The Hall–Kier alpha value is -0.790. The summed E-state index contributed by atoms with van der Waals surface area (Å²) in [6.45, 7) is 11.3. The van der Waals surface area contributed by atoms with E-state index >= 15 is 0 Å². The van der Waals surface area contributed by atoms with E-state index in [2.05, 4.69) is 6.58 Å². The van der Waals surface area contributed by atoms with Gasteiger partial charge in [-0.1, -0.05) is 33.8 Å². The number of hydrogen-bond acceptors (Lipinski definition) is 1. The largest absolute Gasteiger partial charge is 0.481 e. The van der Waals surface area contributed by atoms with Gasteiger partial charge >= 0.3 is 5.97 Å². The summed E-state index contributed by atoms with van der Waals surface area (Å²) in [5.41, 5.74) is -0.209. The van der Waals surface area contributed by atoms with Crippen LogP contribution in [-0.4, -0.2) is 11.1 Å². The van der Waals surface area contributed by atoms with Crippen LogP contribution < -0.4 is 0 Å². The average molecular weight is 170 g/mol. The van der Waals surface area contributed by atoms with E-state index in [0.717, 1.165) is 0 Å². The van der Waals surface area contributed by atoms with E-state index in [1.54, 1.807) is 6.08 Å². The fourth-order valence-electron chi connectivity index (χ4n) is 1.52. The molecule has 0 aliphatic heterocycles. The van der Waals surface area contributed by atoms with Gasteiger partial charge in [0.15, 0.2) is 0 Å². The third-order valence-electron chi connectivity index (χ3n) is 2.10. The monoisotopic (exact) mass is 170 g/mol. The van der Waals surface area contributed by atoms with E-state index in [4.69, 9.17) is 5.11 Å². The van der Waals surface area contributed by atoms with E-state index in [-0.39, 0.29) is 17.3 Å². The highest BCUT2D eigenvalue weighted by molar-refractivity contribution is 5.71. The highest BCUT2D eigenvalue weighted by atomic mass is 16.4. The second-order valence-electron chi connectivity index (χ2n) is 4.28. The molecule has 0 rings (SSSR count). The average Bonchev–Trinajstić information content (AvgIpc) is 1.83. The second-order valence-corrected chi connectivity index (χ2v) is 4.28. The van der Waals surface area contributed by atoms with Crippen molar-refractivity contribution in [3.63, 3.8) is 0 Å². The summed E-state index contributed by atoms with van der Waals surface area (Å²) < 4.78 is 0. The van der Waals surface area contributed by atoms with Crippen molar-refractivity contribution in [3.8, 4) is 0 Å². The van der Waals surface area contributed by atoms with Gasteiger partial charge in [-0.2, -0.15) is 0 Å². The Morgan fingerprint density at radius 2 is 1.92 bits per heavy atom. The van der Waals surface area contributed by atoms with E-state index in [0.29, 0.717) is 0 Å². The molecule has 0 aromatic rings. The molecule has 0 saturated carbocycles. The van der Waals surface area contributed by atoms with Crippen molar-refractivity contribution in [1.29, 1.82) is 0 Å². The molecule has 0 aromatic heterocycles. The summed E-state index contributed by atoms with van der Waals surface area (Å²) in [4.78, 5) is 10.9. The molecule has 70 valence electrons. The maximum atomic E-state index is 10.9. The Bertz CT molecular complexity index is 177. The quantitative estimate of drug-likeness (QED) is 0.661. The Balaban J connectivity index is 4.67. The van der Waals surface area contributed by atoms with E-state index in [9.17, 15) is 4.79 Å². The first-order valence-electron chi connectivity index (χ1n) is 4.16. The summed E-state index contributed by atoms with van der Waals surface area (Å²) >= 11 is 0. The molecule has 2 atom stereocenters. The van der Waals surface area contributed by atoms with Gasteiger partial charge in [-0.15, -0.1) is 6.58 Å². The number of rotatable bonds is 3. The van der Waals surface area contributed by atoms with Gasteiger partial charge in [0.2, 0.25) is 0 Å². The molecule has 2 unspecified atom stereocenters. The van der Waals surface area contributed by atoms with Gasteiger partial charge in [-0.25, -0.2) is 0 Å². The lowest BCUT2D eigenvalue weighted by Gasteiger charge is -2.30. The lowest BCUT2D eigenvalue weighted by molar-refractivity contribution is -0.147. The number of carbonyl (C=O) groups is 1. The normalized spacial score (nSPS) is 16.7. The Labute approximate surface area is 74.3 Å². The molecule has 0 aromatic carbocycles. The van der Waals surface area contributed by atoms with Crippen LogP contribution in [0.2, 0.25) is 0 Å². The molecule has 0 aliphatic carbocycles. The second kappa shape index (κ2) is 3.74. The summed E-state index contributed by atoms with van der Waals surface area (Å²) in [6.07, 6.45) is 1.70. The van der Waals surface area contributed by atoms with Gasteiger partial charge in [0.1, 0.15) is 0 Å². The smallest absolute Gasteiger partial charge is 0.307 e. The van der Waals surface area contributed by atoms with Crippen molar-refractivity contribution in [1.82, 2.24) is 0 Å². The molecule has 12 heavy (non-hydrogen) atoms. The molecule has 0 saturated heterocycles. The summed E-state index contributed by atoms with van der Waals surface area (Å²) in [6, 6.07) is 0. The first kappa shape index (κ1) is 11.2. The van der Waals surface area contributed by atoms with Crippen LogP contribution >= 0.6 is 0 Å². The predicted molar refractivity (Wildman–Crippen MR) is 49.9 cm³/mol. The minimum atomic E-state index is -0.741. The number of allylic oxidation sites excluding steroid dienone is 1. The van der Waals surface area contributed by atoms with E-state index in [1.165, 1.54) is 0 Å². The van der Waals surface area contributed by atoms with Gasteiger partial charge in [0, 0.05) is 0 Å². The molecular weight excluding hydrogens is 152 g/mol. The van der Waals surface area contributed by atoms with E-state index < -0.39 is 5.97 Å². The fourth-order valence-corrected chi connectivity index (χ4v) is 1.52. The first-order valence-corrected chi connectivity index (χ1v) is 4.16. The molecule has 0 aliphatic rings. The predicted octanol–water partition coefficient (Wildman–Crippen LogP) is 2.56. The number of carboxylic acid groups (broad SMARTS) is 1. The molecule has 2 heteroatoms. The Morgan fingerprint density at radius 3 is 2.00 bits per heavy atom. The number of carboxylic acids is 1. The van der Waals surface area contributed by atoms with Crippen LogP contribution in [0.4, 0.5) is 0 Å². The molecule has 1 N–H and O–H groups in total. The highest BCUT2D eigenvalue weighted by Crippen LogP contribution is 2.32. The zero-order valence-corrected chi connectivity index (χ0v) is 8.29. The van der Waals surface area contributed by atoms with Crippen molar-refractivity contribution >= 4 is 5.97 Å². The molecular formula is C10H18O2. The summed E-state index contributed by atoms with van der Waals surface area (Å²) in [5.74, 6) is -1.08. The lowest BCUT2D eigenvalue weighted by atomic mass is 9.74. The highest BCUT2D eigenvalue weighted by Gasteiger charge is 2.34. The first-order chi connectivity index (χ1) is 5.30. The molecule has 0 amide bonds. The molecule has 2 nitrogen and oxygen atoms in total. The minimum absolute atomic E-state index is 0.0162. The third kappa shape index (κ3) is 2.68. The van der Waals surface area contributed by atoms with Crippen LogP contribution in [0.5, 0.6) is 0 Å². The third-order valence-corrected chi connectivity index (χ3v) is 2.10. The van der Waals surface area contributed by atoms with Crippen molar-refractivity contribution in [2.24, 2.45) is 17.3 Å². The number of hydrogen-bond donors (Lipinski definition) is 1. The van der Waals surface area contributed by atoms with E-state index in [1.807, 2.05) is 27.7 Å². The maximum Gasteiger partial charge on any atom is 0.307 e. The topological polar surface area (TPSA) is 37.3 Å². The zero-order valence-electron chi connectivity index (χ0n) is 8.29. The van der Waals surface area contributed by atoms with Crippen molar-refractivity contribution in [3.05, 3.63) is 12.7 Å². The van der Waals surface area contributed by atoms with Gasteiger partial charge in [-0.3, -0.25) is 4.79 Å². The summed E-state index contributed by atoms with van der Waals surface area (Å²) in [7, 11) is 0. The van der Waals surface area contributed by atoms with Crippen LogP contribution in [0, 0.1) is 17.3 Å². The molecule has 0 spiro atoms. The maximum absolute atomic E-state index is 10.9. The molecule has 0 heterocycles. The minimum Gasteiger partial charge on any atom is -0.481 e.